The Kier molecular flexibility index (Phi) is 6.15. The molecule has 0 spiro atoms. The van der Waals surface area contributed by atoms with Gasteiger partial charge < -0.3 is 28.6 Å². The number of methoxy groups -OCH3 is 3. The van der Waals surface area contributed by atoms with Crippen LogP contribution in [0.2, 0.25) is 0 Å². The monoisotopic (exact) mass is 512 g/mol. The molecule has 8 nitrogen and oxygen atoms in total. The molecule has 2 heterocycles. The molecule has 0 radical (unpaired) electrons. The van der Waals surface area contributed by atoms with Crippen LogP contribution in [0, 0.1) is 0 Å². The Morgan fingerprint density at radius 3 is 2.42 bits per heavy atom. The summed E-state index contributed by atoms with van der Waals surface area (Å²) in [5.41, 5.74) is 3.75. The third kappa shape index (κ3) is 4.42. The first kappa shape index (κ1) is 23.9. The number of rotatable bonds is 8. The maximum absolute atomic E-state index is 13.8. The number of hydrogen-bond donors (Lipinski definition) is 0. The molecular formula is C30H28N2O6. The molecule has 1 aliphatic heterocycles. The maximum Gasteiger partial charge on any atom is 0.254 e. The van der Waals surface area contributed by atoms with Crippen molar-refractivity contribution in [3.63, 3.8) is 0 Å². The summed E-state index contributed by atoms with van der Waals surface area (Å²) in [7, 11) is 4.86. The Morgan fingerprint density at radius 2 is 1.68 bits per heavy atom. The van der Waals surface area contributed by atoms with Crippen molar-refractivity contribution in [3.05, 3.63) is 71.8 Å². The SMILES string of the molecule is COc1cccc(C(=O)N(Cc2cc3cc4c(cc3nc2-c2cc(OC)ccc2OC)OCO4)C2CC2)c1. The number of hydrogen-bond acceptors (Lipinski definition) is 7. The maximum atomic E-state index is 13.8. The minimum atomic E-state index is -0.0410. The second-order valence-corrected chi connectivity index (χ2v) is 9.36. The minimum absolute atomic E-state index is 0.0410. The molecule has 2 aliphatic rings. The standard InChI is InChI=1S/C30H28N2O6/c1-34-22-6-4-5-18(12-22)30(33)32(21-7-8-21)16-20-11-19-13-27-28(38-17-37-27)15-25(19)31-29(20)24-14-23(35-2)9-10-26(24)36-3/h4-6,9-15,21H,7-8,16-17H2,1-3H3. The quantitative estimate of drug-likeness (QED) is 0.310. The second-order valence-electron chi connectivity index (χ2n) is 9.36. The summed E-state index contributed by atoms with van der Waals surface area (Å²) in [5.74, 6) is 3.30. The van der Waals surface area contributed by atoms with Crippen LogP contribution in [-0.4, -0.2) is 50.0 Å². The Hall–Kier alpha value is -4.46. The van der Waals surface area contributed by atoms with E-state index >= 15 is 0 Å². The fourth-order valence-corrected chi connectivity index (χ4v) is 4.82. The lowest BCUT2D eigenvalue weighted by Crippen LogP contribution is -2.33. The van der Waals surface area contributed by atoms with E-state index in [9.17, 15) is 4.79 Å². The summed E-state index contributed by atoms with van der Waals surface area (Å²) in [6.45, 7) is 0.563. The number of ether oxygens (including phenoxy) is 5. The van der Waals surface area contributed by atoms with Crippen molar-refractivity contribution in [1.82, 2.24) is 9.88 Å². The lowest BCUT2D eigenvalue weighted by molar-refractivity contribution is 0.0729. The van der Waals surface area contributed by atoms with Gasteiger partial charge in [0.25, 0.3) is 5.91 Å². The topological polar surface area (TPSA) is 79.4 Å². The first-order valence-corrected chi connectivity index (χ1v) is 12.5. The van der Waals surface area contributed by atoms with E-state index in [1.54, 1.807) is 27.4 Å². The first-order valence-electron chi connectivity index (χ1n) is 12.5. The molecule has 1 saturated carbocycles. The van der Waals surface area contributed by atoms with Gasteiger partial charge in [0.05, 0.1) is 32.5 Å². The number of pyridine rings is 1. The lowest BCUT2D eigenvalue weighted by atomic mass is 10.0. The van der Waals surface area contributed by atoms with Gasteiger partial charge in [-0.1, -0.05) is 6.07 Å². The molecule has 0 N–H and O–H groups in total. The van der Waals surface area contributed by atoms with E-state index in [2.05, 4.69) is 6.07 Å². The highest BCUT2D eigenvalue weighted by molar-refractivity contribution is 5.95. The van der Waals surface area contributed by atoms with Crippen LogP contribution in [0.25, 0.3) is 22.2 Å². The predicted octanol–water partition coefficient (Wildman–Crippen LogP) is 5.46. The van der Waals surface area contributed by atoms with E-state index in [0.717, 1.165) is 40.6 Å². The van der Waals surface area contributed by atoms with Crippen LogP contribution < -0.4 is 23.7 Å². The van der Waals surface area contributed by atoms with Crippen LogP contribution in [0.1, 0.15) is 28.8 Å². The lowest BCUT2D eigenvalue weighted by Gasteiger charge is -2.25. The van der Waals surface area contributed by atoms with E-state index in [1.807, 2.05) is 53.4 Å². The zero-order chi connectivity index (χ0) is 26.2. The van der Waals surface area contributed by atoms with Crippen LogP contribution in [-0.2, 0) is 6.54 Å². The first-order chi connectivity index (χ1) is 18.6. The highest BCUT2D eigenvalue weighted by Gasteiger charge is 2.34. The van der Waals surface area contributed by atoms with Crippen LogP contribution in [0.5, 0.6) is 28.7 Å². The average Bonchev–Trinajstić information content (AvgIpc) is 3.70. The van der Waals surface area contributed by atoms with Crippen LogP contribution in [0.3, 0.4) is 0 Å². The molecular weight excluding hydrogens is 484 g/mol. The molecule has 0 saturated heterocycles. The van der Waals surface area contributed by atoms with Crippen molar-refractivity contribution >= 4 is 16.8 Å². The molecule has 194 valence electrons. The summed E-state index contributed by atoms with van der Waals surface area (Å²) in [4.78, 5) is 20.8. The second kappa shape index (κ2) is 9.78. The highest BCUT2D eigenvalue weighted by Crippen LogP contribution is 2.41. The largest absolute Gasteiger partial charge is 0.497 e. The van der Waals surface area contributed by atoms with Gasteiger partial charge in [0, 0.05) is 35.2 Å². The van der Waals surface area contributed by atoms with Crippen LogP contribution in [0.15, 0.2) is 60.7 Å². The van der Waals surface area contributed by atoms with Gasteiger partial charge in [-0.25, -0.2) is 4.98 Å². The molecule has 8 heteroatoms. The molecule has 0 atom stereocenters. The van der Waals surface area contributed by atoms with Crippen molar-refractivity contribution in [1.29, 1.82) is 0 Å². The molecule has 38 heavy (non-hydrogen) atoms. The van der Waals surface area contributed by atoms with Gasteiger partial charge in [0.1, 0.15) is 17.2 Å². The third-order valence-electron chi connectivity index (χ3n) is 6.96. The van der Waals surface area contributed by atoms with Crippen LogP contribution in [0.4, 0.5) is 0 Å². The van der Waals surface area contributed by atoms with E-state index in [1.165, 1.54) is 0 Å². The molecule has 6 rings (SSSR count). The zero-order valence-electron chi connectivity index (χ0n) is 21.5. The number of benzene rings is 3. The smallest absolute Gasteiger partial charge is 0.254 e. The normalized spacial score (nSPS) is 13.9. The Morgan fingerprint density at radius 1 is 0.921 bits per heavy atom. The van der Waals surface area contributed by atoms with Gasteiger partial charge in [-0.2, -0.15) is 0 Å². The minimum Gasteiger partial charge on any atom is -0.497 e. The zero-order valence-corrected chi connectivity index (χ0v) is 21.5. The van der Waals surface area contributed by atoms with Crippen molar-refractivity contribution in [2.24, 2.45) is 0 Å². The summed E-state index contributed by atoms with van der Waals surface area (Å²) < 4.78 is 27.8. The molecule has 1 aromatic heterocycles. The summed E-state index contributed by atoms with van der Waals surface area (Å²) in [5, 5.41) is 0.902. The van der Waals surface area contributed by atoms with Crippen molar-refractivity contribution < 1.29 is 28.5 Å². The van der Waals surface area contributed by atoms with Crippen molar-refractivity contribution in [2.75, 3.05) is 28.1 Å². The molecule has 1 fully saturated rings. The van der Waals surface area contributed by atoms with Gasteiger partial charge in [-0.05, 0) is 66.9 Å². The average molecular weight is 513 g/mol. The molecule has 0 unspecified atom stereocenters. The number of amides is 1. The number of fused-ring (bicyclic) bond motifs is 2. The van der Waals surface area contributed by atoms with E-state index in [0.29, 0.717) is 40.9 Å². The molecule has 1 aliphatic carbocycles. The number of carbonyl (C=O) groups excluding carboxylic acids is 1. The number of aromatic nitrogens is 1. The van der Waals surface area contributed by atoms with Crippen molar-refractivity contribution in [3.8, 4) is 40.0 Å². The predicted molar refractivity (Wildman–Crippen MR) is 142 cm³/mol. The Bertz CT molecular complexity index is 1530. The highest BCUT2D eigenvalue weighted by atomic mass is 16.7. The summed E-state index contributed by atoms with van der Waals surface area (Å²) >= 11 is 0. The third-order valence-corrected chi connectivity index (χ3v) is 6.96. The van der Waals surface area contributed by atoms with Gasteiger partial charge in [0.2, 0.25) is 6.79 Å². The van der Waals surface area contributed by atoms with Crippen LogP contribution >= 0.6 is 0 Å². The van der Waals surface area contributed by atoms with E-state index in [-0.39, 0.29) is 18.7 Å². The fraction of sp³-hybridized carbons (Fsp3) is 0.267. The Labute approximate surface area is 220 Å². The van der Waals surface area contributed by atoms with Gasteiger partial charge >= 0.3 is 0 Å². The van der Waals surface area contributed by atoms with Crippen molar-refractivity contribution in [2.45, 2.75) is 25.4 Å². The molecule has 0 bridgehead atoms. The fourth-order valence-electron chi connectivity index (χ4n) is 4.82. The molecule has 1 amide bonds. The van der Waals surface area contributed by atoms with Gasteiger partial charge in [-0.3, -0.25) is 4.79 Å². The Balaban J connectivity index is 1.49. The summed E-state index contributed by atoms with van der Waals surface area (Å²) in [6.07, 6.45) is 1.93. The molecule has 3 aromatic carbocycles. The van der Waals surface area contributed by atoms with Gasteiger partial charge in [0.15, 0.2) is 11.5 Å². The summed E-state index contributed by atoms with van der Waals surface area (Å²) in [6, 6.07) is 19.0. The molecule has 4 aromatic rings. The van der Waals surface area contributed by atoms with E-state index in [4.69, 9.17) is 28.7 Å². The number of nitrogens with zero attached hydrogens (tertiary/aromatic N) is 2. The van der Waals surface area contributed by atoms with E-state index < -0.39 is 0 Å². The number of carbonyl (C=O) groups is 1. The van der Waals surface area contributed by atoms with Gasteiger partial charge in [-0.15, -0.1) is 0 Å².